The van der Waals surface area contributed by atoms with Crippen molar-refractivity contribution in [1.82, 2.24) is 0 Å². The molecule has 0 atom stereocenters. The van der Waals surface area contributed by atoms with Gasteiger partial charge in [0.25, 0.3) is 0 Å². The second kappa shape index (κ2) is 12.8. The minimum atomic E-state index is -0.220. The van der Waals surface area contributed by atoms with Crippen LogP contribution in [0.2, 0.25) is 5.02 Å². The molecule has 0 aliphatic rings. The first-order chi connectivity index (χ1) is 11.6. The van der Waals surface area contributed by atoms with Crippen LogP contribution in [0.5, 0.6) is 0 Å². The third kappa shape index (κ3) is 10.3. The van der Waals surface area contributed by atoms with E-state index in [9.17, 15) is 9.59 Å². The summed E-state index contributed by atoms with van der Waals surface area (Å²) in [5.41, 5.74) is 0.704. The number of amides is 1. The molecule has 0 bridgehead atoms. The molecule has 0 radical (unpaired) electrons. The molecule has 4 nitrogen and oxygen atoms in total. The summed E-state index contributed by atoms with van der Waals surface area (Å²) in [7, 11) is 0. The van der Waals surface area contributed by atoms with Gasteiger partial charge in [-0.3, -0.25) is 9.59 Å². The average Bonchev–Trinajstić information content (AvgIpc) is 2.56. The minimum Gasteiger partial charge on any atom is -0.466 e. The molecule has 1 N–H and O–H groups in total. The summed E-state index contributed by atoms with van der Waals surface area (Å²) in [6.45, 7) is 2.68. The van der Waals surface area contributed by atoms with Crippen LogP contribution in [0.4, 0.5) is 5.69 Å². The molecule has 0 fully saturated rings. The van der Waals surface area contributed by atoms with Gasteiger partial charge in [0.1, 0.15) is 0 Å². The van der Waals surface area contributed by atoms with E-state index in [1.807, 2.05) is 0 Å². The third-order valence-electron chi connectivity index (χ3n) is 3.67. The van der Waals surface area contributed by atoms with E-state index < -0.39 is 0 Å². The molecular formula is C19H28ClNO3. The van der Waals surface area contributed by atoms with Crippen molar-refractivity contribution in [2.45, 2.75) is 64.7 Å². The van der Waals surface area contributed by atoms with E-state index >= 15 is 0 Å². The van der Waals surface area contributed by atoms with Gasteiger partial charge in [0.15, 0.2) is 0 Å². The molecule has 0 aromatic heterocycles. The number of rotatable bonds is 12. The van der Waals surface area contributed by atoms with Gasteiger partial charge in [-0.15, -0.1) is 0 Å². The van der Waals surface area contributed by atoms with E-state index in [4.69, 9.17) is 16.3 Å². The lowest BCUT2D eigenvalue weighted by atomic mass is 10.1. The van der Waals surface area contributed by atoms with E-state index in [0.29, 0.717) is 30.2 Å². The molecule has 1 rings (SSSR count). The zero-order valence-electron chi connectivity index (χ0n) is 14.5. The predicted molar refractivity (Wildman–Crippen MR) is 98.3 cm³/mol. The molecule has 134 valence electrons. The van der Waals surface area contributed by atoms with Crippen molar-refractivity contribution in [3.05, 3.63) is 29.3 Å². The monoisotopic (exact) mass is 353 g/mol. The lowest BCUT2D eigenvalue weighted by Gasteiger charge is -2.06. The normalized spacial score (nSPS) is 10.4. The topological polar surface area (TPSA) is 55.4 Å². The SMILES string of the molecule is CCCCCCCCOC(=O)CCCC(=O)Nc1ccc(Cl)cc1. The van der Waals surface area contributed by atoms with E-state index in [1.165, 1.54) is 25.7 Å². The van der Waals surface area contributed by atoms with Crippen LogP contribution in [0.25, 0.3) is 0 Å². The first-order valence-electron chi connectivity index (χ1n) is 8.83. The summed E-state index contributed by atoms with van der Waals surface area (Å²) in [5, 5.41) is 3.40. The number of carbonyl (C=O) groups excluding carboxylic acids is 2. The van der Waals surface area contributed by atoms with Crippen molar-refractivity contribution < 1.29 is 14.3 Å². The second-order valence-corrected chi connectivity index (χ2v) is 6.33. The Bertz CT molecular complexity index is 488. The van der Waals surface area contributed by atoms with Gasteiger partial charge in [-0.1, -0.05) is 50.6 Å². The summed E-state index contributed by atoms with van der Waals surface area (Å²) >= 11 is 5.79. The highest BCUT2D eigenvalue weighted by Crippen LogP contribution is 2.14. The smallest absolute Gasteiger partial charge is 0.305 e. The molecule has 24 heavy (non-hydrogen) atoms. The lowest BCUT2D eigenvalue weighted by molar-refractivity contribution is -0.143. The zero-order valence-corrected chi connectivity index (χ0v) is 15.2. The van der Waals surface area contributed by atoms with Crippen molar-refractivity contribution in [1.29, 1.82) is 0 Å². The molecular weight excluding hydrogens is 326 g/mol. The van der Waals surface area contributed by atoms with Crippen LogP contribution in [0, 0.1) is 0 Å². The Kier molecular flexibility index (Phi) is 10.9. The first-order valence-corrected chi connectivity index (χ1v) is 9.20. The number of nitrogens with one attached hydrogen (secondary N) is 1. The molecule has 0 unspecified atom stereocenters. The standard InChI is InChI=1S/C19H28ClNO3/c1-2-3-4-5-6-7-15-24-19(23)10-8-9-18(22)21-17-13-11-16(20)12-14-17/h11-14H,2-10,15H2,1H3,(H,21,22). The van der Waals surface area contributed by atoms with E-state index in [1.54, 1.807) is 24.3 Å². The fraction of sp³-hybridized carbons (Fsp3) is 0.579. The number of benzene rings is 1. The third-order valence-corrected chi connectivity index (χ3v) is 3.93. The summed E-state index contributed by atoms with van der Waals surface area (Å²) in [6, 6.07) is 6.93. The Balaban J connectivity index is 2.02. The van der Waals surface area contributed by atoms with Crippen molar-refractivity contribution in [3.8, 4) is 0 Å². The highest BCUT2D eigenvalue weighted by molar-refractivity contribution is 6.30. The van der Waals surface area contributed by atoms with Gasteiger partial charge < -0.3 is 10.1 Å². The van der Waals surface area contributed by atoms with Crippen molar-refractivity contribution >= 4 is 29.2 Å². The fourth-order valence-corrected chi connectivity index (χ4v) is 2.42. The molecule has 0 aliphatic carbocycles. The molecule has 1 aromatic rings. The van der Waals surface area contributed by atoms with Gasteiger partial charge in [0, 0.05) is 23.6 Å². The Hall–Kier alpha value is -1.55. The molecule has 1 aromatic carbocycles. The van der Waals surface area contributed by atoms with Crippen LogP contribution in [0.15, 0.2) is 24.3 Å². The summed E-state index contributed by atoms with van der Waals surface area (Å²) in [6.07, 6.45) is 8.08. The molecule has 1 amide bonds. The van der Waals surface area contributed by atoms with Crippen LogP contribution in [-0.4, -0.2) is 18.5 Å². The maximum Gasteiger partial charge on any atom is 0.305 e. The molecule has 0 aliphatic heterocycles. The van der Waals surface area contributed by atoms with Crippen LogP contribution in [-0.2, 0) is 14.3 Å². The average molecular weight is 354 g/mol. The Morgan fingerprint density at radius 2 is 1.62 bits per heavy atom. The maximum absolute atomic E-state index is 11.8. The lowest BCUT2D eigenvalue weighted by Crippen LogP contribution is -2.12. The number of carbonyl (C=O) groups is 2. The zero-order chi connectivity index (χ0) is 17.6. The van der Waals surface area contributed by atoms with Gasteiger partial charge in [0.05, 0.1) is 6.61 Å². The number of esters is 1. The number of unbranched alkanes of at least 4 members (excludes halogenated alkanes) is 5. The van der Waals surface area contributed by atoms with E-state index in [-0.39, 0.29) is 18.3 Å². The van der Waals surface area contributed by atoms with Gasteiger partial charge in [-0.05, 0) is 37.1 Å². The Morgan fingerprint density at radius 3 is 2.33 bits per heavy atom. The maximum atomic E-state index is 11.8. The molecule has 0 saturated carbocycles. The summed E-state index contributed by atoms with van der Waals surface area (Å²) in [5.74, 6) is -0.330. The number of ether oxygens (including phenoxy) is 1. The number of hydrogen-bond donors (Lipinski definition) is 1. The Labute approximate surface area is 149 Å². The van der Waals surface area contributed by atoms with Crippen molar-refractivity contribution in [3.63, 3.8) is 0 Å². The predicted octanol–water partition coefficient (Wildman–Crippen LogP) is 5.35. The van der Waals surface area contributed by atoms with Gasteiger partial charge in [-0.25, -0.2) is 0 Å². The summed E-state index contributed by atoms with van der Waals surface area (Å²) in [4.78, 5) is 23.4. The van der Waals surface area contributed by atoms with Crippen LogP contribution < -0.4 is 5.32 Å². The number of hydrogen-bond acceptors (Lipinski definition) is 3. The summed E-state index contributed by atoms with van der Waals surface area (Å²) < 4.78 is 5.18. The van der Waals surface area contributed by atoms with Crippen molar-refractivity contribution in [2.75, 3.05) is 11.9 Å². The van der Waals surface area contributed by atoms with Gasteiger partial charge >= 0.3 is 5.97 Å². The Morgan fingerprint density at radius 1 is 0.958 bits per heavy atom. The van der Waals surface area contributed by atoms with Crippen LogP contribution in [0.3, 0.4) is 0 Å². The highest BCUT2D eigenvalue weighted by Gasteiger charge is 2.06. The molecule has 0 spiro atoms. The van der Waals surface area contributed by atoms with Gasteiger partial charge in [0.2, 0.25) is 5.91 Å². The van der Waals surface area contributed by atoms with E-state index in [0.717, 1.165) is 12.8 Å². The van der Waals surface area contributed by atoms with Crippen LogP contribution in [0.1, 0.15) is 64.7 Å². The molecule has 0 heterocycles. The van der Waals surface area contributed by atoms with Gasteiger partial charge in [-0.2, -0.15) is 0 Å². The minimum absolute atomic E-state index is 0.110. The largest absolute Gasteiger partial charge is 0.466 e. The first kappa shape index (κ1) is 20.5. The molecule has 5 heteroatoms. The quantitative estimate of drug-likeness (QED) is 0.407. The van der Waals surface area contributed by atoms with Crippen molar-refractivity contribution in [2.24, 2.45) is 0 Å². The van der Waals surface area contributed by atoms with E-state index in [2.05, 4.69) is 12.2 Å². The number of halogens is 1. The number of anilines is 1. The second-order valence-electron chi connectivity index (χ2n) is 5.90. The van der Waals surface area contributed by atoms with Crippen LogP contribution >= 0.6 is 11.6 Å². The molecule has 0 saturated heterocycles. The highest BCUT2D eigenvalue weighted by atomic mass is 35.5. The fourth-order valence-electron chi connectivity index (χ4n) is 2.29.